The van der Waals surface area contributed by atoms with Crippen molar-refractivity contribution in [2.75, 3.05) is 0 Å². The lowest BCUT2D eigenvalue weighted by Crippen LogP contribution is -2.40. The molecule has 7 heavy (non-hydrogen) atoms. The Balaban J connectivity index is 2.09. The van der Waals surface area contributed by atoms with Gasteiger partial charge in [-0.15, -0.1) is 0 Å². The minimum Gasteiger partial charge on any atom is -0.327 e. The zero-order chi connectivity index (χ0) is 5.02. The van der Waals surface area contributed by atoms with Crippen molar-refractivity contribution in [2.24, 2.45) is 23.5 Å². The molecule has 0 amide bonds. The summed E-state index contributed by atoms with van der Waals surface area (Å²) in [6, 6.07) is 0.574. The first kappa shape index (κ1) is 3.90. The van der Waals surface area contributed by atoms with Gasteiger partial charge in [-0.05, 0) is 24.2 Å². The SMILES string of the molecule is CC1C(N)C2CC12. The van der Waals surface area contributed by atoms with Gasteiger partial charge in [-0.3, -0.25) is 0 Å². The third-order valence-corrected chi connectivity index (χ3v) is 2.67. The molecule has 0 bridgehead atoms. The fraction of sp³-hybridized carbons (Fsp3) is 1.00. The molecular formula is C6H11N. The topological polar surface area (TPSA) is 26.0 Å². The van der Waals surface area contributed by atoms with E-state index in [1.807, 2.05) is 0 Å². The van der Waals surface area contributed by atoms with Crippen molar-refractivity contribution in [3.63, 3.8) is 0 Å². The van der Waals surface area contributed by atoms with Gasteiger partial charge in [0.05, 0.1) is 0 Å². The Labute approximate surface area is 43.9 Å². The van der Waals surface area contributed by atoms with Crippen LogP contribution in [0.15, 0.2) is 0 Å². The maximum Gasteiger partial charge on any atom is 0.00986 e. The summed E-state index contributed by atoms with van der Waals surface area (Å²) in [5.74, 6) is 2.86. The van der Waals surface area contributed by atoms with Gasteiger partial charge in [0.15, 0.2) is 0 Å². The van der Waals surface area contributed by atoms with Crippen molar-refractivity contribution in [1.82, 2.24) is 0 Å². The van der Waals surface area contributed by atoms with Gasteiger partial charge >= 0.3 is 0 Å². The summed E-state index contributed by atoms with van der Waals surface area (Å²) in [7, 11) is 0. The van der Waals surface area contributed by atoms with Crippen LogP contribution in [0.5, 0.6) is 0 Å². The molecule has 0 aromatic heterocycles. The van der Waals surface area contributed by atoms with Crippen molar-refractivity contribution in [2.45, 2.75) is 19.4 Å². The van der Waals surface area contributed by atoms with Gasteiger partial charge < -0.3 is 5.73 Å². The van der Waals surface area contributed by atoms with Crippen LogP contribution in [0, 0.1) is 17.8 Å². The van der Waals surface area contributed by atoms with Crippen LogP contribution in [-0.4, -0.2) is 6.04 Å². The van der Waals surface area contributed by atoms with Crippen molar-refractivity contribution in [3.05, 3.63) is 0 Å². The summed E-state index contributed by atoms with van der Waals surface area (Å²) < 4.78 is 0. The lowest BCUT2D eigenvalue weighted by molar-refractivity contribution is 0.256. The molecule has 2 N–H and O–H groups in total. The van der Waals surface area contributed by atoms with E-state index in [4.69, 9.17) is 5.73 Å². The smallest absolute Gasteiger partial charge is 0.00986 e. The van der Waals surface area contributed by atoms with Crippen molar-refractivity contribution < 1.29 is 0 Å². The van der Waals surface area contributed by atoms with Gasteiger partial charge in [-0.1, -0.05) is 6.92 Å². The van der Waals surface area contributed by atoms with Gasteiger partial charge in [0.1, 0.15) is 0 Å². The first-order valence-corrected chi connectivity index (χ1v) is 3.06. The zero-order valence-electron chi connectivity index (χ0n) is 4.59. The molecule has 2 aliphatic rings. The summed E-state index contributed by atoms with van der Waals surface area (Å²) in [6.07, 6.45) is 1.43. The quantitative estimate of drug-likeness (QED) is 0.470. The van der Waals surface area contributed by atoms with Crippen LogP contribution in [0.3, 0.4) is 0 Å². The maximum atomic E-state index is 5.71. The zero-order valence-corrected chi connectivity index (χ0v) is 4.59. The van der Waals surface area contributed by atoms with Crippen LogP contribution < -0.4 is 5.73 Å². The van der Waals surface area contributed by atoms with E-state index in [9.17, 15) is 0 Å². The molecule has 40 valence electrons. The van der Waals surface area contributed by atoms with Crippen molar-refractivity contribution in [1.29, 1.82) is 0 Å². The van der Waals surface area contributed by atoms with E-state index in [2.05, 4.69) is 6.92 Å². The second-order valence-corrected chi connectivity index (χ2v) is 3.00. The molecule has 0 aromatic carbocycles. The van der Waals surface area contributed by atoms with Crippen LogP contribution in [-0.2, 0) is 0 Å². The van der Waals surface area contributed by atoms with E-state index >= 15 is 0 Å². The summed E-state index contributed by atoms with van der Waals surface area (Å²) in [4.78, 5) is 0. The molecule has 0 heterocycles. The van der Waals surface area contributed by atoms with E-state index in [1.54, 1.807) is 0 Å². The van der Waals surface area contributed by atoms with E-state index in [0.29, 0.717) is 6.04 Å². The molecule has 4 atom stereocenters. The maximum absolute atomic E-state index is 5.71. The van der Waals surface area contributed by atoms with Crippen LogP contribution in [0.4, 0.5) is 0 Å². The van der Waals surface area contributed by atoms with Crippen LogP contribution in [0.2, 0.25) is 0 Å². The number of nitrogens with two attached hydrogens (primary N) is 1. The van der Waals surface area contributed by atoms with E-state index < -0.39 is 0 Å². The molecule has 2 aliphatic carbocycles. The number of fused-ring (bicyclic) bond motifs is 1. The molecule has 2 fully saturated rings. The average molecular weight is 97.2 g/mol. The van der Waals surface area contributed by atoms with Crippen molar-refractivity contribution >= 4 is 0 Å². The molecule has 0 radical (unpaired) electrons. The molecule has 2 saturated carbocycles. The summed E-state index contributed by atoms with van der Waals surface area (Å²) >= 11 is 0. The fourth-order valence-electron chi connectivity index (χ4n) is 1.81. The largest absolute Gasteiger partial charge is 0.327 e. The lowest BCUT2D eigenvalue weighted by atomic mass is 9.82. The van der Waals surface area contributed by atoms with Crippen LogP contribution in [0.25, 0.3) is 0 Å². The number of hydrogen-bond acceptors (Lipinski definition) is 1. The summed E-state index contributed by atoms with van der Waals surface area (Å²) in [5.41, 5.74) is 5.71. The minimum absolute atomic E-state index is 0.574. The Morgan fingerprint density at radius 3 is 2.29 bits per heavy atom. The highest BCUT2D eigenvalue weighted by Gasteiger charge is 2.57. The number of rotatable bonds is 0. The molecular weight excluding hydrogens is 86.1 g/mol. The van der Waals surface area contributed by atoms with Crippen molar-refractivity contribution in [3.8, 4) is 0 Å². The predicted octanol–water partition coefficient (Wildman–Crippen LogP) is 0.600. The molecule has 1 heteroatoms. The Morgan fingerprint density at radius 1 is 1.43 bits per heavy atom. The Morgan fingerprint density at radius 2 is 2.14 bits per heavy atom. The Hall–Kier alpha value is -0.0400. The Bertz CT molecular complexity index is 88.4. The van der Waals surface area contributed by atoms with Gasteiger partial charge in [0.25, 0.3) is 0 Å². The average Bonchev–Trinajstić information content (AvgIpc) is 2.39. The summed E-state index contributed by atoms with van der Waals surface area (Å²) in [6.45, 7) is 2.26. The second kappa shape index (κ2) is 0.873. The third-order valence-electron chi connectivity index (χ3n) is 2.67. The molecule has 0 aliphatic heterocycles. The van der Waals surface area contributed by atoms with Crippen LogP contribution >= 0.6 is 0 Å². The molecule has 0 saturated heterocycles. The van der Waals surface area contributed by atoms with Gasteiger partial charge in [0, 0.05) is 6.04 Å². The minimum atomic E-state index is 0.574. The van der Waals surface area contributed by atoms with E-state index in [1.165, 1.54) is 6.42 Å². The highest BCUT2D eigenvalue weighted by Crippen LogP contribution is 2.58. The predicted molar refractivity (Wildman–Crippen MR) is 28.7 cm³/mol. The monoisotopic (exact) mass is 97.1 g/mol. The molecule has 2 rings (SSSR count). The second-order valence-electron chi connectivity index (χ2n) is 3.00. The standard InChI is InChI=1S/C6H11N/c1-3-4-2-5(4)6(3)7/h3-6H,2,7H2,1H3. The lowest BCUT2D eigenvalue weighted by Gasteiger charge is -2.28. The summed E-state index contributed by atoms with van der Waals surface area (Å²) in [5, 5.41) is 0. The molecule has 1 nitrogen and oxygen atoms in total. The molecule has 0 spiro atoms. The van der Waals surface area contributed by atoms with E-state index in [-0.39, 0.29) is 0 Å². The molecule has 4 unspecified atom stereocenters. The van der Waals surface area contributed by atoms with Gasteiger partial charge in [-0.25, -0.2) is 0 Å². The van der Waals surface area contributed by atoms with E-state index in [0.717, 1.165) is 17.8 Å². The van der Waals surface area contributed by atoms with Gasteiger partial charge in [0.2, 0.25) is 0 Å². The highest BCUT2D eigenvalue weighted by molar-refractivity contribution is 5.09. The number of hydrogen-bond donors (Lipinski definition) is 1. The normalized spacial score (nSPS) is 66.0. The van der Waals surface area contributed by atoms with Gasteiger partial charge in [-0.2, -0.15) is 0 Å². The first-order valence-electron chi connectivity index (χ1n) is 3.06. The highest BCUT2D eigenvalue weighted by atomic mass is 14.8. The van der Waals surface area contributed by atoms with Crippen LogP contribution in [0.1, 0.15) is 13.3 Å². The fourth-order valence-corrected chi connectivity index (χ4v) is 1.81. The Kier molecular flexibility index (Phi) is 0.487. The molecule has 0 aromatic rings. The first-order chi connectivity index (χ1) is 3.30. The third kappa shape index (κ3) is 0.290.